The van der Waals surface area contributed by atoms with Crippen molar-refractivity contribution in [2.45, 2.75) is 19.8 Å². The SMILES string of the molecule is Cc1ccccc1C(C[N+](=O)[O-])c1c(C)[nH]n(-c2ccccc2)c1=O. The molecule has 3 rings (SSSR count). The van der Waals surface area contributed by atoms with Crippen LogP contribution in [0.3, 0.4) is 0 Å². The number of nitrogens with one attached hydrogen (secondary N) is 1. The second-order valence-electron chi connectivity index (χ2n) is 6.05. The molecular weight excluding hydrogens is 318 g/mol. The van der Waals surface area contributed by atoms with Crippen molar-refractivity contribution in [2.24, 2.45) is 0 Å². The van der Waals surface area contributed by atoms with Crippen molar-refractivity contribution >= 4 is 0 Å². The Morgan fingerprint density at radius 2 is 1.72 bits per heavy atom. The molecule has 6 heteroatoms. The van der Waals surface area contributed by atoms with E-state index in [0.717, 1.165) is 11.1 Å². The molecule has 0 fully saturated rings. The number of aromatic nitrogens is 2. The highest BCUT2D eigenvalue weighted by atomic mass is 16.6. The quantitative estimate of drug-likeness (QED) is 0.573. The minimum absolute atomic E-state index is 0.251. The van der Waals surface area contributed by atoms with Crippen molar-refractivity contribution in [3.8, 4) is 5.69 Å². The van der Waals surface area contributed by atoms with E-state index in [9.17, 15) is 14.9 Å². The highest BCUT2D eigenvalue weighted by molar-refractivity contribution is 5.40. The fraction of sp³-hybridized carbons (Fsp3) is 0.211. The lowest BCUT2D eigenvalue weighted by Crippen LogP contribution is -2.24. The van der Waals surface area contributed by atoms with Crippen molar-refractivity contribution in [3.05, 3.63) is 97.4 Å². The molecule has 3 aromatic rings. The van der Waals surface area contributed by atoms with Crippen molar-refractivity contribution < 1.29 is 4.92 Å². The van der Waals surface area contributed by atoms with Crippen LogP contribution in [-0.4, -0.2) is 21.2 Å². The first-order valence-electron chi connectivity index (χ1n) is 8.03. The predicted octanol–water partition coefficient (Wildman–Crippen LogP) is 3.19. The van der Waals surface area contributed by atoms with Crippen LogP contribution in [-0.2, 0) is 0 Å². The molecule has 6 nitrogen and oxygen atoms in total. The molecular formula is C19H19N3O3. The molecule has 0 saturated carbocycles. The predicted molar refractivity (Wildman–Crippen MR) is 96.0 cm³/mol. The van der Waals surface area contributed by atoms with Gasteiger partial charge in [-0.25, -0.2) is 4.68 Å². The molecule has 1 heterocycles. The van der Waals surface area contributed by atoms with Crippen molar-refractivity contribution in [2.75, 3.05) is 6.54 Å². The number of aromatic amines is 1. The summed E-state index contributed by atoms with van der Waals surface area (Å²) in [6.45, 7) is 3.36. The zero-order valence-electron chi connectivity index (χ0n) is 14.1. The summed E-state index contributed by atoms with van der Waals surface area (Å²) in [5.74, 6) is -0.593. The molecule has 0 aliphatic rings. The van der Waals surface area contributed by atoms with Crippen LogP contribution >= 0.6 is 0 Å². The second-order valence-corrected chi connectivity index (χ2v) is 6.05. The van der Waals surface area contributed by atoms with E-state index in [1.165, 1.54) is 4.68 Å². The molecule has 1 aromatic heterocycles. The maximum Gasteiger partial charge on any atom is 0.275 e. The van der Waals surface area contributed by atoms with Gasteiger partial charge in [0.25, 0.3) is 5.56 Å². The van der Waals surface area contributed by atoms with Crippen molar-refractivity contribution in [1.82, 2.24) is 9.78 Å². The summed E-state index contributed by atoms with van der Waals surface area (Å²) in [6.07, 6.45) is 0. The summed E-state index contributed by atoms with van der Waals surface area (Å²) in [4.78, 5) is 23.9. The van der Waals surface area contributed by atoms with Gasteiger partial charge in [-0.1, -0.05) is 42.5 Å². The number of H-pyrrole nitrogens is 1. The number of hydrogen-bond donors (Lipinski definition) is 1. The van der Waals surface area contributed by atoms with E-state index in [0.29, 0.717) is 16.9 Å². The van der Waals surface area contributed by atoms with Gasteiger partial charge in [-0.2, -0.15) is 0 Å². The van der Waals surface area contributed by atoms with E-state index >= 15 is 0 Å². The Morgan fingerprint density at radius 3 is 2.36 bits per heavy atom. The van der Waals surface area contributed by atoms with Crippen LogP contribution in [0.4, 0.5) is 0 Å². The Balaban J connectivity index is 2.18. The van der Waals surface area contributed by atoms with Gasteiger partial charge in [-0.3, -0.25) is 20.0 Å². The van der Waals surface area contributed by atoms with Crippen molar-refractivity contribution in [3.63, 3.8) is 0 Å². The fourth-order valence-electron chi connectivity index (χ4n) is 3.20. The third-order valence-electron chi connectivity index (χ3n) is 4.38. The maximum absolute atomic E-state index is 13.0. The highest BCUT2D eigenvalue weighted by Gasteiger charge is 2.28. The normalized spacial score (nSPS) is 12.1. The smallest absolute Gasteiger partial charge is 0.275 e. The van der Waals surface area contributed by atoms with Gasteiger partial charge in [0, 0.05) is 10.6 Å². The molecule has 1 N–H and O–H groups in total. The average Bonchev–Trinajstić information content (AvgIpc) is 2.89. The molecule has 0 aliphatic heterocycles. The summed E-state index contributed by atoms with van der Waals surface area (Å²) in [5, 5.41) is 14.3. The lowest BCUT2D eigenvalue weighted by Gasteiger charge is -2.14. The summed E-state index contributed by atoms with van der Waals surface area (Å²) >= 11 is 0. The van der Waals surface area contributed by atoms with Gasteiger partial charge >= 0.3 is 0 Å². The van der Waals surface area contributed by atoms with E-state index in [1.54, 1.807) is 6.92 Å². The topological polar surface area (TPSA) is 80.9 Å². The maximum atomic E-state index is 13.0. The number of rotatable bonds is 5. The van der Waals surface area contributed by atoms with E-state index in [-0.39, 0.29) is 17.0 Å². The number of hydrogen-bond acceptors (Lipinski definition) is 3. The lowest BCUT2D eigenvalue weighted by atomic mass is 9.88. The van der Waals surface area contributed by atoms with Crippen LogP contribution in [0.15, 0.2) is 59.4 Å². The summed E-state index contributed by atoms with van der Waals surface area (Å²) in [7, 11) is 0. The first-order chi connectivity index (χ1) is 12.0. The van der Waals surface area contributed by atoms with Crippen LogP contribution < -0.4 is 5.56 Å². The van der Waals surface area contributed by atoms with Gasteiger partial charge < -0.3 is 0 Å². The molecule has 128 valence electrons. The first kappa shape index (κ1) is 16.7. The van der Waals surface area contributed by atoms with Crippen LogP contribution in [0.2, 0.25) is 0 Å². The van der Waals surface area contributed by atoms with Crippen LogP contribution in [0.25, 0.3) is 5.69 Å². The van der Waals surface area contributed by atoms with Crippen molar-refractivity contribution in [1.29, 1.82) is 0 Å². The number of aryl methyl sites for hydroxylation is 2. The largest absolute Gasteiger partial charge is 0.295 e. The Labute approximate surface area is 144 Å². The molecule has 0 spiro atoms. The van der Waals surface area contributed by atoms with E-state index in [2.05, 4.69) is 5.10 Å². The number of benzene rings is 2. The number of para-hydroxylation sites is 1. The molecule has 0 bridgehead atoms. The van der Waals surface area contributed by atoms with Crippen LogP contribution in [0.5, 0.6) is 0 Å². The van der Waals surface area contributed by atoms with Gasteiger partial charge in [0.15, 0.2) is 0 Å². The Bertz CT molecular complexity index is 958. The minimum atomic E-state index is -0.593. The van der Waals surface area contributed by atoms with Crippen LogP contribution in [0.1, 0.15) is 28.3 Å². The van der Waals surface area contributed by atoms with E-state index < -0.39 is 5.92 Å². The molecule has 1 atom stereocenters. The van der Waals surface area contributed by atoms with Crippen LogP contribution in [0, 0.1) is 24.0 Å². The molecule has 2 aromatic carbocycles. The Hall–Kier alpha value is -3.15. The van der Waals surface area contributed by atoms with E-state index in [1.807, 2.05) is 61.5 Å². The van der Waals surface area contributed by atoms with Gasteiger partial charge in [0.1, 0.15) is 0 Å². The second kappa shape index (κ2) is 6.76. The molecule has 0 amide bonds. The highest BCUT2D eigenvalue weighted by Crippen LogP contribution is 2.27. The van der Waals surface area contributed by atoms with Gasteiger partial charge in [0.2, 0.25) is 6.54 Å². The third kappa shape index (κ3) is 3.24. The molecule has 0 saturated heterocycles. The summed E-state index contributed by atoms with van der Waals surface area (Å²) in [5.41, 5.74) is 3.27. The average molecular weight is 337 g/mol. The summed E-state index contributed by atoms with van der Waals surface area (Å²) in [6, 6.07) is 16.7. The molecule has 1 unspecified atom stereocenters. The zero-order chi connectivity index (χ0) is 18.0. The fourth-order valence-corrected chi connectivity index (χ4v) is 3.20. The Kier molecular flexibility index (Phi) is 4.52. The number of nitro groups is 1. The summed E-state index contributed by atoms with van der Waals surface area (Å²) < 4.78 is 1.44. The third-order valence-corrected chi connectivity index (χ3v) is 4.38. The van der Waals surface area contributed by atoms with Gasteiger partial charge in [-0.15, -0.1) is 0 Å². The standard InChI is InChI=1S/C19H19N3O3/c1-13-8-6-7-11-16(13)17(12-21(24)25)18-14(2)20-22(19(18)23)15-9-4-3-5-10-15/h3-11,17,20H,12H2,1-2H3. The Morgan fingerprint density at radius 1 is 1.08 bits per heavy atom. The molecule has 0 aliphatic carbocycles. The first-order valence-corrected chi connectivity index (χ1v) is 8.03. The van der Waals surface area contributed by atoms with E-state index in [4.69, 9.17) is 0 Å². The monoisotopic (exact) mass is 337 g/mol. The zero-order valence-corrected chi connectivity index (χ0v) is 14.1. The molecule has 25 heavy (non-hydrogen) atoms. The van der Waals surface area contributed by atoms with Gasteiger partial charge in [-0.05, 0) is 37.1 Å². The lowest BCUT2D eigenvalue weighted by molar-refractivity contribution is -0.481. The minimum Gasteiger partial charge on any atom is -0.295 e. The number of nitrogens with zero attached hydrogens (tertiary/aromatic N) is 2. The van der Waals surface area contributed by atoms with Gasteiger partial charge in [0.05, 0.1) is 17.2 Å². The molecule has 0 radical (unpaired) electrons.